The molecule has 25 heavy (non-hydrogen) atoms. The van der Waals surface area contributed by atoms with Gasteiger partial charge in [-0.15, -0.1) is 0 Å². The van der Waals surface area contributed by atoms with E-state index in [0.29, 0.717) is 17.4 Å². The number of aromatic nitrogens is 4. The first-order valence-electron chi connectivity index (χ1n) is 8.56. The van der Waals surface area contributed by atoms with Gasteiger partial charge < -0.3 is 13.9 Å². The van der Waals surface area contributed by atoms with Gasteiger partial charge in [0, 0.05) is 38.1 Å². The number of hydrogen-bond donors (Lipinski definition) is 1. The number of nitrogens with zero attached hydrogens (tertiary/aromatic N) is 4. The number of H-pyrrole nitrogens is 1. The maximum absolute atomic E-state index is 12.8. The standard InChI is InChI=1S/C18H21N5O2/c1-13-4-5-17(25-13)15-9-16(21-20-15)18(24)23-7-2-3-14(11-23)10-22-8-6-19-12-22/h4-6,8-9,12,14H,2-3,7,10-11H2,1H3,(H,20,21)/t14-/m0/s1. The number of carbonyl (C=O) groups excluding carboxylic acids is 1. The van der Waals surface area contributed by atoms with Crippen molar-refractivity contribution in [1.82, 2.24) is 24.6 Å². The topological polar surface area (TPSA) is 80.0 Å². The van der Waals surface area contributed by atoms with Gasteiger partial charge in [-0.2, -0.15) is 5.10 Å². The fraction of sp³-hybridized carbons (Fsp3) is 0.389. The molecule has 1 aliphatic heterocycles. The van der Waals surface area contributed by atoms with E-state index >= 15 is 0 Å². The van der Waals surface area contributed by atoms with Crippen LogP contribution in [0.3, 0.4) is 0 Å². The minimum Gasteiger partial charge on any atom is -0.460 e. The second-order valence-corrected chi connectivity index (χ2v) is 6.60. The SMILES string of the molecule is Cc1ccc(-c2cc(C(=O)N3CCC[C@@H](Cn4ccnc4)C3)n[nH]2)o1. The molecule has 0 aromatic carbocycles. The molecule has 3 aromatic heterocycles. The van der Waals surface area contributed by atoms with Gasteiger partial charge in [0.05, 0.1) is 6.33 Å². The van der Waals surface area contributed by atoms with Gasteiger partial charge in [-0.25, -0.2) is 4.98 Å². The largest absolute Gasteiger partial charge is 0.460 e. The van der Waals surface area contributed by atoms with Crippen molar-refractivity contribution in [3.8, 4) is 11.5 Å². The van der Waals surface area contributed by atoms with Crippen LogP contribution in [0.4, 0.5) is 0 Å². The Balaban J connectivity index is 1.44. The Labute approximate surface area is 145 Å². The highest BCUT2D eigenvalue weighted by atomic mass is 16.3. The monoisotopic (exact) mass is 339 g/mol. The van der Waals surface area contributed by atoms with Gasteiger partial charge in [0.15, 0.2) is 11.5 Å². The van der Waals surface area contributed by atoms with E-state index in [1.165, 1.54) is 0 Å². The first-order chi connectivity index (χ1) is 12.2. The van der Waals surface area contributed by atoms with Gasteiger partial charge in [-0.1, -0.05) is 0 Å². The lowest BCUT2D eigenvalue weighted by atomic mass is 9.97. The van der Waals surface area contributed by atoms with Crippen LogP contribution in [0.5, 0.6) is 0 Å². The number of imidazole rings is 1. The van der Waals surface area contributed by atoms with E-state index in [4.69, 9.17) is 4.42 Å². The molecule has 1 N–H and O–H groups in total. The van der Waals surface area contributed by atoms with Crippen molar-refractivity contribution in [2.24, 2.45) is 5.92 Å². The number of amides is 1. The maximum atomic E-state index is 12.8. The Morgan fingerprint density at radius 2 is 2.36 bits per heavy atom. The fourth-order valence-electron chi connectivity index (χ4n) is 3.39. The number of aryl methyl sites for hydroxylation is 1. The summed E-state index contributed by atoms with van der Waals surface area (Å²) in [5.74, 6) is 1.94. The average molecular weight is 339 g/mol. The van der Waals surface area contributed by atoms with E-state index in [1.807, 2.05) is 36.5 Å². The molecule has 1 saturated heterocycles. The fourth-order valence-corrected chi connectivity index (χ4v) is 3.39. The third kappa shape index (κ3) is 3.35. The molecule has 1 aliphatic rings. The Bertz CT molecular complexity index is 849. The van der Waals surface area contributed by atoms with Gasteiger partial charge in [-0.3, -0.25) is 9.89 Å². The minimum atomic E-state index is -0.0268. The lowest BCUT2D eigenvalue weighted by Crippen LogP contribution is -2.41. The summed E-state index contributed by atoms with van der Waals surface area (Å²) < 4.78 is 7.65. The molecule has 1 fully saturated rings. The van der Waals surface area contributed by atoms with Crippen molar-refractivity contribution < 1.29 is 9.21 Å². The van der Waals surface area contributed by atoms with Crippen molar-refractivity contribution in [3.63, 3.8) is 0 Å². The van der Waals surface area contributed by atoms with Crippen LogP contribution in [0.1, 0.15) is 29.1 Å². The second kappa shape index (κ2) is 6.58. The van der Waals surface area contributed by atoms with E-state index in [2.05, 4.69) is 19.7 Å². The molecule has 0 bridgehead atoms. The number of hydrogen-bond acceptors (Lipinski definition) is 4. The molecule has 4 heterocycles. The van der Waals surface area contributed by atoms with Crippen LogP contribution in [-0.2, 0) is 6.54 Å². The first-order valence-corrected chi connectivity index (χ1v) is 8.56. The molecular weight excluding hydrogens is 318 g/mol. The van der Waals surface area contributed by atoms with Crippen LogP contribution < -0.4 is 0 Å². The first kappa shape index (κ1) is 15.7. The summed E-state index contributed by atoms with van der Waals surface area (Å²) in [7, 11) is 0. The van der Waals surface area contributed by atoms with Crippen LogP contribution >= 0.6 is 0 Å². The van der Waals surface area contributed by atoms with Crippen molar-refractivity contribution in [1.29, 1.82) is 0 Å². The molecule has 0 saturated carbocycles. The lowest BCUT2D eigenvalue weighted by molar-refractivity contribution is 0.0656. The van der Waals surface area contributed by atoms with Crippen LogP contribution in [0, 0.1) is 12.8 Å². The van der Waals surface area contributed by atoms with Gasteiger partial charge in [0.1, 0.15) is 11.5 Å². The quantitative estimate of drug-likeness (QED) is 0.792. The van der Waals surface area contributed by atoms with Crippen molar-refractivity contribution in [3.05, 3.63) is 48.4 Å². The smallest absolute Gasteiger partial charge is 0.274 e. The normalized spacial score (nSPS) is 17.8. The molecule has 0 unspecified atom stereocenters. The molecule has 1 atom stereocenters. The molecule has 0 radical (unpaired) electrons. The van der Waals surface area contributed by atoms with Gasteiger partial charge in [0.2, 0.25) is 0 Å². The van der Waals surface area contributed by atoms with E-state index < -0.39 is 0 Å². The molecule has 1 amide bonds. The third-order valence-electron chi connectivity index (χ3n) is 4.64. The van der Waals surface area contributed by atoms with E-state index in [-0.39, 0.29) is 5.91 Å². The Hall–Kier alpha value is -2.83. The van der Waals surface area contributed by atoms with Gasteiger partial charge in [0.25, 0.3) is 5.91 Å². The van der Waals surface area contributed by atoms with Crippen LogP contribution in [-0.4, -0.2) is 43.6 Å². The molecule has 130 valence electrons. The zero-order valence-corrected chi connectivity index (χ0v) is 14.2. The van der Waals surface area contributed by atoms with Gasteiger partial charge >= 0.3 is 0 Å². The lowest BCUT2D eigenvalue weighted by Gasteiger charge is -2.32. The number of piperidine rings is 1. The number of furan rings is 1. The van der Waals surface area contributed by atoms with Crippen LogP contribution in [0.2, 0.25) is 0 Å². The molecule has 7 nitrogen and oxygen atoms in total. The highest BCUT2D eigenvalue weighted by molar-refractivity contribution is 5.93. The van der Waals surface area contributed by atoms with Crippen molar-refractivity contribution >= 4 is 5.91 Å². The van der Waals surface area contributed by atoms with Crippen molar-refractivity contribution in [2.45, 2.75) is 26.3 Å². The summed E-state index contributed by atoms with van der Waals surface area (Å²) >= 11 is 0. The van der Waals surface area contributed by atoms with Crippen LogP contribution in [0.15, 0.2) is 41.3 Å². The van der Waals surface area contributed by atoms with Crippen LogP contribution in [0.25, 0.3) is 11.5 Å². The zero-order valence-electron chi connectivity index (χ0n) is 14.2. The summed E-state index contributed by atoms with van der Waals surface area (Å²) in [5, 5.41) is 7.09. The number of rotatable bonds is 4. The Kier molecular flexibility index (Phi) is 4.13. The second-order valence-electron chi connectivity index (χ2n) is 6.60. The van der Waals surface area contributed by atoms with E-state index in [0.717, 1.165) is 43.9 Å². The minimum absolute atomic E-state index is 0.0268. The molecule has 4 rings (SSSR count). The average Bonchev–Trinajstić information content (AvgIpc) is 3.35. The highest BCUT2D eigenvalue weighted by Gasteiger charge is 2.26. The molecular formula is C18H21N5O2. The highest BCUT2D eigenvalue weighted by Crippen LogP contribution is 2.23. The van der Waals surface area contributed by atoms with Gasteiger partial charge in [-0.05, 0) is 37.8 Å². The summed E-state index contributed by atoms with van der Waals surface area (Å²) in [4.78, 5) is 18.8. The zero-order chi connectivity index (χ0) is 17.2. The third-order valence-corrected chi connectivity index (χ3v) is 4.64. The molecule has 0 aliphatic carbocycles. The number of carbonyl (C=O) groups is 1. The Morgan fingerprint density at radius 3 is 3.12 bits per heavy atom. The summed E-state index contributed by atoms with van der Waals surface area (Å²) in [6.45, 7) is 4.31. The number of likely N-dealkylation sites (tertiary alicyclic amines) is 1. The van der Waals surface area contributed by atoms with E-state index in [1.54, 1.807) is 12.3 Å². The maximum Gasteiger partial charge on any atom is 0.274 e. The number of nitrogens with one attached hydrogen (secondary N) is 1. The van der Waals surface area contributed by atoms with E-state index in [9.17, 15) is 4.79 Å². The summed E-state index contributed by atoms with van der Waals surface area (Å²) in [5.41, 5.74) is 1.16. The predicted molar refractivity (Wildman–Crippen MR) is 91.9 cm³/mol. The molecule has 3 aromatic rings. The summed E-state index contributed by atoms with van der Waals surface area (Å²) in [6, 6.07) is 5.53. The molecule has 0 spiro atoms. The predicted octanol–water partition coefficient (Wildman–Crippen LogP) is 2.73. The summed E-state index contributed by atoms with van der Waals surface area (Å²) in [6.07, 6.45) is 7.71. The number of aromatic amines is 1. The molecule has 7 heteroatoms. The Morgan fingerprint density at radius 1 is 1.44 bits per heavy atom. The van der Waals surface area contributed by atoms with Crippen molar-refractivity contribution in [2.75, 3.05) is 13.1 Å².